The molecule has 1 aromatic carbocycles. The average molecular weight is 293 g/mol. The van der Waals surface area contributed by atoms with Crippen LogP contribution in [0.15, 0.2) is 23.2 Å². The topological polar surface area (TPSA) is 60.3 Å². The van der Waals surface area contributed by atoms with E-state index in [9.17, 15) is 0 Å². The number of nitrogens with zero attached hydrogens (tertiary/aromatic N) is 1. The molecule has 0 amide bonds. The monoisotopic (exact) mass is 293 g/mol. The number of hydrogen-bond donors (Lipinski definition) is 1. The van der Waals surface area contributed by atoms with E-state index in [4.69, 9.17) is 15.0 Å². The van der Waals surface area contributed by atoms with Gasteiger partial charge >= 0.3 is 0 Å². The van der Waals surface area contributed by atoms with Crippen LogP contribution in [0.25, 0.3) is 6.08 Å². The Hall–Kier alpha value is -1.43. The summed E-state index contributed by atoms with van der Waals surface area (Å²) in [6, 6.07) is 5.94. The first-order valence-corrected chi connectivity index (χ1v) is 7.11. The quantitative estimate of drug-likeness (QED) is 0.668. The molecule has 0 spiro atoms. The summed E-state index contributed by atoms with van der Waals surface area (Å²) in [5.74, 6) is 0.571. The highest BCUT2D eigenvalue weighted by Crippen LogP contribution is 2.28. The lowest BCUT2D eigenvalue weighted by Crippen LogP contribution is -2.49. The molecule has 1 heterocycles. The van der Waals surface area contributed by atoms with Crippen molar-refractivity contribution in [2.24, 2.45) is 4.99 Å². The number of fused-ring (bicyclic) bond motifs is 1. The van der Waals surface area contributed by atoms with Crippen LogP contribution in [0.1, 0.15) is 41.0 Å². The highest BCUT2D eigenvalue weighted by molar-refractivity contribution is 5.31. The van der Waals surface area contributed by atoms with Gasteiger partial charge in [0.2, 0.25) is 0 Å². The summed E-state index contributed by atoms with van der Waals surface area (Å²) >= 11 is 0. The van der Waals surface area contributed by atoms with E-state index < -0.39 is 11.2 Å². The second-order valence-electron chi connectivity index (χ2n) is 6.42. The van der Waals surface area contributed by atoms with Gasteiger partial charge in [-0.05, 0) is 58.4 Å². The van der Waals surface area contributed by atoms with Crippen molar-refractivity contribution < 1.29 is 19.9 Å². The molecule has 5 heteroatoms. The van der Waals surface area contributed by atoms with Crippen molar-refractivity contribution in [3.05, 3.63) is 28.8 Å². The molecule has 21 heavy (non-hydrogen) atoms. The van der Waals surface area contributed by atoms with Crippen molar-refractivity contribution in [1.82, 2.24) is 0 Å². The summed E-state index contributed by atoms with van der Waals surface area (Å²) in [5, 5.41) is 11.0. The maximum Gasteiger partial charge on any atom is 0.167 e. The van der Waals surface area contributed by atoms with Crippen LogP contribution in [-0.4, -0.2) is 22.5 Å². The average Bonchev–Trinajstić information content (AvgIpc) is 2.44. The van der Waals surface area contributed by atoms with Crippen LogP contribution in [0, 0.1) is 0 Å². The second-order valence-corrected chi connectivity index (χ2v) is 6.42. The first kappa shape index (κ1) is 15.9. The molecule has 0 aromatic heterocycles. The lowest BCUT2D eigenvalue weighted by molar-refractivity contribution is -0.398. The van der Waals surface area contributed by atoms with Crippen LogP contribution in [0.3, 0.4) is 0 Å². The third-order valence-corrected chi connectivity index (χ3v) is 4.06. The van der Waals surface area contributed by atoms with E-state index in [1.807, 2.05) is 18.2 Å². The fourth-order valence-electron chi connectivity index (χ4n) is 1.81. The van der Waals surface area contributed by atoms with Gasteiger partial charge in [-0.15, -0.1) is 0 Å². The van der Waals surface area contributed by atoms with Crippen molar-refractivity contribution in [1.29, 1.82) is 0 Å². The first-order valence-electron chi connectivity index (χ1n) is 7.11. The fourth-order valence-corrected chi connectivity index (χ4v) is 1.81. The lowest BCUT2D eigenvalue weighted by Gasteiger charge is -2.36. The van der Waals surface area contributed by atoms with E-state index in [1.54, 1.807) is 27.7 Å². The lowest BCUT2D eigenvalue weighted by atomic mass is 9.90. The molecule has 0 saturated carbocycles. The summed E-state index contributed by atoms with van der Waals surface area (Å²) in [6.07, 6.45) is 3.13. The third-order valence-electron chi connectivity index (χ3n) is 4.06. The largest absolute Gasteiger partial charge is 0.337 e. The molecule has 1 atom stereocenters. The molecule has 0 saturated heterocycles. The molecule has 0 radical (unpaired) electrons. The van der Waals surface area contributed by atoms with Gasteiger partial charge in [0.05, 0.1) is 11.4 Å². The number of benzene rings is 1. The van der Waals surface area contributed by atoms with Crippen LogP contribution in [0.4, 0.5) is 0 Å². The Morgan fingerprint density at radius 1 is 1.19 bits per heavy atom. The Morgan fingerprint density at radius 2 is 1.90 bits per heavy atom. The van der Waals surface area contributed by atoms with Crippen molar-refractivity contribution in [3.8, 4) is 5.75 Å². The standard InChI is InChI=1S/C16H23NO4/c1-11-6-7-12-8-9-13(10-14(12)17-11)19-21-16(4,5)15(2,3)20-18/h7-11,18H,6H2,1-5H3. The van der Waals surface area contributed by atoms with E-state index in [2.05, 4.69) is 22.9 Å². The summed E-state index contributed by atoms with van der Waals surface area (Å²) in [5.41, 5.74) is -1.75. The minimum atomic E-state index is -0.909. The highest BCUT2D eigenvalue weighted by atomic mass is 17.2. The smallest absolute Gasteiger partial charge is 0.167 e. The SMILES string of the molecule is CC1CC=c2ccc(OOC(C)(C)C(C)(C)OO)cc2=N1. The predicted octanol–water partition coefficient (Wildman–Crippen LogP) is 2.24. The highest BCUT2D eigenvalue weighted by Gasteiger charge is 2.42. The van der Waals surface area contributed by atoms with E-state index in [0.717, 1.165) is 17.0 Å². The van der Waals surface area contributed by atoms with Crippen LogP contribution >= 0.6 is 0 Å². The third kappa shape index (κ3) is 3.43. The molecule has 2 rings (SSSR count). The van der Waals surface area contributed by atoms with E-state index in [0.29, 0.717) is 5.75 Å². The normalized spacial score (nSPS) is 18.5. The van der Waals surface area contributed by atoms with E-state index >= 15 is 0 Å². The van der Waals surface area contributed by atoms with Crippen LogP contribution < -0.4 is 15.5 Å². The summed E-state index contributed by atoms with van der Waals surface area (Å²) in [4.78, 5) is 19.9. The first-order chi connectivity index (χ1) is 9.75. The summed E-state index contributed by atoms with van der Waals surface area (Å²) in [7, 11) is 0. The van der Waals surface area contributed by atoms with Crippen molar-refractivity contribution in [2.75, 3.05) is 0 Å². The van der Waals surface area contributed by atoms with Gasteiger partial charge in [-0.2, -0.15) is 4.89 Å². The zero-order valence-corrected chi connectivity index (χ0v) is 13.2. The predicted molar refractivity (Wildman–Crippen MR) is 79.4 cm³/mol. The maximum absolute atomic E-state index is 8.96. The molecule has 0 bridgehead atoms. The second kappa shape index (κ2) is 5.75. The fraction of sp³-hybridized carbons (Fsp3) is 0.562. The van der Waals surface area contributed by atoms with Gasteiger partial charge in [-0.3, -0.25) is 10.2 Å². The minimum Gasteiger partial charge on any atom is -0.337 e. The minimum absolute atomic E-state index is 0.284. The van der Waals surface area contributed by atoms with Gasteiger partial charge in [0.15, 0.2) is 5.75 Å². The van der Waals surface area contributed by atoms with Crippen LogP contribution in [0.2, 0.25) is 0 Å². The Bertz CT molecular complexity index is 622. The zero-order valence-electron chi connectivity index (χ0n) is 13.2. The van der Waals surface area contributed by atoms with Gasteiger partial charge in [0.25, 0.3) is 0 Å². The molecule has 1 aliphatic rings. The molecule has 1 unspecified atom stereocenters. The molecule has 0 fully saturated rings. The zero-order chi connectivity index (χ0) is 15.7. The van der Waals surface area contributed by atoms with E-state index in [-0.39, 0.29) is 6.04 Å². The van der Waals surface area contributed by atoms with Crippen molar-refractivity contribution >= 4 is 6.08 Å². The van der Waals surface area contributed by atoms with Gasteiger partial charge in [-0.1, -0.05) is 6.08 Å². The maximum atomic E-state index is 8.96. The van der Waals surface area contributed by atoms with Crippen molar-refractivity contribution in [2.45, 2.75) is 58.3 Å². The molecule has 1 aromatic rings. The molecule has 1 aliphatic heterocycles. The molecular weight excluding hydrogens is 270 g/mol. The number of rotatable bonds is 5. The van der Waals surface area contributed by atoms with Crippen LogP contribution in [-0.2, 0) is 9.78 Å². The Kier molecular flexibility index (Phi) is 4.37. The van der Waals surface area contributed by atoms with Crippen molar-refractivity contribution in [3.63, 3.8) is 0 Å². The Balaban J connectivity index is 2.16. The molecule has 0 aliphatic carbocycles. The van der Waals surface area contributed by atoms with Gasteiger partial charge in [-0.25, -0.2) is 4.89 Å². The van der Waals surface area contributed by atoms with Gasteiger partial charge in [0.1, 0.15) is 11.2 Å². The molecular formula is C16H23NO4. The van der Waals surface area contributed by atoms with Gasteiger partial charge in [0, 0.05) is 6.07 Å². The van der Waals surface area contributed by atoms with Crippen LogP contribution in [0.5, 0.6) is 5.75 Å². The number of hydrogen-bond acceptors (Lipinski definition) is 5. The molecule has 1 N–H and O–H groups in total. The summed E-state index contributed by atoms with van der Waals surface area (Å²) in [6.45, 7) is 9.07. The Morgan fingerprint density at radius 3 is 2.57 bits per heavy atom. The Labute approximate surface area is 124 Å². The van der Waals surface area contributed by atoms with E-state index in [1.165, 1.54) is 0 Å². The summed E-state index contributed by atoms with van der Waals surface area (Å²) < 4.78 is 0. The molecule has 5 nitrogen and oxygen atoms in total. The molecule has 116 valence electrons. The van der Waals surface area contributed by atoms with Gasteiger partial charge < -0.3 is 4.89 Å².